The molecule has 0 bridgehead atoms. The molecule has 0 aliphatic carbocycles. The Bertz CT molecular complexity index is 972. The first-order valence-corrected chi connectivity index (χ1v) is 11.8. The summed E-state index contributed by atoms with van der Waals surface area (Å²) in [5.41, 5.74) is 0. The predicted octanol–water partition coefficient (Wildman–Crippen LogP) is 5.41. The predicted molar refractivity (Wildman–Crippen MR) is 141 cm³/mol. The van der Waals surface area contributed by atoms with Gasteiger partial charge in [-0.2, -0.15) is 0 Å². The molecule has 8 heteroatoms. The fraction of sp³-hybridized carbons (Fsp3) is 0.276. The van der Waals surface area contributed by atoms with Gasteiger partial charge in [0.15, 0.2) is 0 Å². The molecular formula is C29H34O8. The van der Waals surface area contributed by atoms with Crippen molar-refractivity contribution in [2.24, 2.45) is 0 Å². The van der Waals surface area contributed by atoms with Crippen LogP contribution in [0.2, 0.25) is 0 Å². The standard InChI is InChI=1S/C29H34O8/c1-2-3-4-5-6-7-8-9-10-11-12-13-14-15-16-17-18-19-20-26(32)36-28(34)23-24-29(35)37-27(33)22-21-25(30)31/h3-4,6-7,9-10,12-13,15-16,18-19,21-24H,2,5,8,11,14,17,20H2,1H3,(H,30,31)/b4-3-,7-6-,10-9-,13-12-,16-15-,19-18-,22-21+,24-23-. The number of hydrogen-bond acceptors (Lipinski definition) is 7. The van der Waals surface area contributed by atoms with E-state index >= 15 is 0 Å². The van der Waals surface area contributed by atoms with Crippen LogP contribution in [0.4, 0.5) is 0 Å². The smallest absolute Gasteiger partial charge is 0.338 e. The first kappa shape index (κ1) is 32.7. The van der Waals surface area contributed by atoms with Gasteiger partial charge in [0.25, 0.3) is 0 Å². The van der Waals surface area contributed by atoms with Crippen LogP contribution >= 0.6 is 0 Å². The van der Waals surface area contributed by atoms with Crippen LogP contribution in [0.5, 0.6) is 0 Å². The Balaban J connectivity index is 3.96. The zero-order chi connectivity index (χ0) is 27.6. The van der Waals surface area contributed by atoms with E-state index in [2.05, 4.69) is 65.0 Å². The maximum Gasteiger partial charge on any atom is 0.338 e. The monoisotopic (exact) mass is 510 g/mol. The van der Waals surface area contributed by atoms with Crippen LogP contribution in [0.15, 0.2) is 97.2 Å². The highest BCUT2D eigenvalue weighted by molar-refractivity contribution is 6.01. The molecule has 0 aliphatic rings. The van der Waals surface area contributed by atoms with E-state index in [1.54, 1.807) is 12.2 Å². The lowest BCUT2D eigenvalue weighted by atomic mass is 10.2. The quantitative estimate of drug-likeness (QED) is 0.119. The number of carbonyl (C=O) groups is 5. The van der Waals surface area contributed by atoms with Crippen LogP contribution in [0.1, 0.15) is 51.9 Å². The number of carboxylic acids is 1. The van der Waals surface area contributed by atoms with Crippen molar-refractivity contribution >= 4 is 29.8 Å². The van der Waals surface area contributed by atoms with E-state index < -0.39 is 29.8 Å². The molecule has 0 saturated carbocycles. The van der Waals surface area contributed by atoms with Crippen molar-refractivity contribution in [3.63, 3.8) is 0 Å². The van der Waals surface area contributed by atoms with E-state index in [9.17, 15) is 24.0 Å². The van der Waals surface area contributed by atoms with E-state index in [-0.39, 0.29) is 6.42 Å². The molecule has 0 atom stereocenters. The highest BCUT2D eigenvalue weighted by Crippen LogP contribution is 1.98. The second kappa shape index (κ2) is 23.4. The number of allylic oxidation sites excluding steroid dienone is 11. The molecule has 0 rings (SSSR count). The molecule has 0 heterocycles. The van der Waals surface area contributed by atoms with E-state index in [0.717, 1.165) is 32.1 Å². The lowest BCUT2D eigenvalue weighted by molar-refractivity contribution is -0.157. The summed E-state index contributed by atoms with van der Waals surface area (Å²) in [7, 11) is 0. The Morgan fingerprint density at radius 1 is 0.514 bits per heavy atom. The van der Waals surface area contributed by atoms with Crippen molar-refractivity contribution < 1.29 is 38.6 Å². The molecule has 0 unspecified atom stereocenters. The Morgan fingerprint density at radius 3 is 1.27 bits per heavy atom. The van der Waals surface area contributed by atoms with Gasteiger partial charge in [0.1, 0.15) is 0 Å². The van der Waals surface area contributed by atoms with Crippen molar-refractivity contribution in [3.8, 4) is 0 Å². The lowest BCUT2D eigenvalue weighted by Crippen LogP contribution is -2.11. The van der Waals surface area contributed by atoms with E-state index in [4.69, 9.17) is 5.11 Å². The van der Waals surface area contributed by atoms with Crippen LogP contribution in [-0.4, -0.2) is 35.0 Å². The van der Waals surface area contributed by atoms with Gasteiger partial charge >= 0.3 is 29.8 Å². The Kier molecular flexibility index (Phi) is 20.7. The second-order valence-electron chi connectivity index (χ2n) is 7.16. The molecule has 0 radical (unpaired) electrons. The molecule has 37 heavy (non-hydrogen) atoms. The third-order valence-electron chi connectivity index (χ3n) is 4.01. The molecule has 1 N–H and O–H groups in total. The maximum absolute atomic E-state index is 11.6. The topological polar surface area (TPSA) is 124 Å². The molecule has 0 aliphatic heterocycles. The summed E-state index contributed by atoms with van der Waals surface area (Å²) in [6.07, 6.45) is 31.7. The van der Waals surface area contributed by atoms with Crippen LogP contribution in [0.3, 0.4) is 0 Å². The summed E-state index contributed by atoms with van der Waals surface area (Å²) in [6.45, 7) is 2.12. The average molecular weight is 511 g/mol. The number of carbonyl (C=O) groups excluding carboxylic acids is 4. The zero-order valence-corrected chi connectivity index (χ0v) is 21.0. The van der Waals surface area contributed by atoms with Gasteiger partial charge in [-0.15, -0.1) is 0 Å². The molecular weight excluding hydrogens is 476 g/mol. The third kappa shape index (κ3) is 24.6. The Labute approximate surface area is 217 Å². The molecule has 0 amide bonds. The van der Waals surface area contributed by atoms with Gasteiger partial charge in [-0.25, -0.2) is 19.2 Å². The average Bonchev–Trinajstić information content (AvgIpc) is 2.85. The molecule has 0 aromatic carbocycles. The summed E-state index contributed by atoms with van der Waals surface area (Å²) in [4.78, 5) is 55.7. The lowest BCUT2D eigenvalue weighted by Gasteiger charge is -1.97. The third-order valence-corrected chi connectivity index (χ3v) is 4.01. The number of rotatable bonds is 17. The first-order chi connectivity index (χ1) is 17.8. The van der Waals surface area contributed by atoms with Gasteiger partial charge in [-0.3, -0.25) is 4.79 Å². The summed E-state index contributed by atoms with van der Waals surface area (Å²) >= 11 is 0. The van der Waals surface area contributed by atoms with Gasteiger partial charge < -0.3 is 14.6 Å². The highest BCUT2D eigenvalue weighted by Gasteiger charge is 2.08. The molecule has 0 saturated heterocycles. The molecule has 0 aromatic heterocycles. The number of carboxylic acid groups (broad SMARTS) is 1. The van der Waals surface area contributed by atoms with Crippen molar-refractivity contribution in [2.75, 3.05) is 0 Å². The van der Waals surface area contributed by atoms with Crippen LogP contribution < -0.4 is 0 Å². The van der Waals surface area contributed by atoms with Gasteiger partial charge in [-0.05, 0) is 38.5 Å². The van der Waals surface area contributed by atoms with E-state index in [1.807, 2.05) is 12.2 Å². The first-order valence-electron chi connectivity index (χ1n) is 11.8. The molecule has 8 nitrogen and oxygen atoms in total. The normalized spacial score (nSPS) is 12.5. The number of ether oxygens (including phenoxy) is 2. The fourth-order valence-corrected chi connectivity index (χ4v) is 2.33. The molecule has 0 fully saturated rings. The van der Waals surface area contributed by atoms with Crippen molar-refractivity contribution in [1.29, 1.82) is 0 Å². The minimum Gasteiger partial charge on any atom is -0.478 e. The van der Waals surface area contributed by atoms with Crippen molar-refractivity contribution in [1.82, 2.24) is 0 Å². The summed E-state index contributed by atoms with van der Waals surface area (Å²) in [5.74, 6) is -5.76. The SMILES string of the molecule is CC/C=C\C/C=C\C/C=C\C/C=C\C/C=C\C/C=C\CC(=O)OC(=O)/C=C\C(=O)OC(=O)/C=C/C(=O)O. The summed E-state index contributed by atoms with van der Waals surface area (Å²) in [5, 5.41) is 8.35. The largest absolute Gasteiger partial charge is 0.478 e. The molecule has 0 aromatic rings. The molecule has 198 valence electrons. The van der Waals surface area contributed by atoms with Gasteiger partial charge in [0.05, 0.1) is 6.42 Å². The molecule has 0 spiro atoms. The van der Waals surface area contributed by atoms with Gasteiger partial charge in [0.2, 0.25) is 0 Å². The van der Waals surface area contributed by atoms with Crippen LogP contribution in [-0.2, 0) is 33.4 Å². The second-order valence-corrected chi connectivity index (χ2v) is 7.16. The number of hydrogen-bond donors (Lipinski definition) is 1. The Morgan fingerprint density at radius 2 is 0.865 bits per heavy atom. The maximum atomic E-state index is 11.6. The van der Waals surface area contributed by atoms with Crippen molar-refractivity contribution in [3.05, 3.63) is 97.2 Å². The highest BCUT2D eigenvalue weighted by atomic mass is 16.6. The van der Waals surface area contributed by atoms with Gasteiger partial charge in [0, 0.05) is 24.3 Å². The number of esters is 4. The van der Waals surface area contributed by atoms with Crippen LogP contribution in [0, 0.1) is 0 Å². The fourth-order valence-electron chi connectivity index (χ4n) is 2.33. The number of aliphatic carboxylic acids is 1. The van der Waals surface area contributed by atoms with Crippen molar-refractivity contribution in [2.45, 2.75) is 51.9 Å². The van der Waals surface area contributed by atoms with E-state index in [0.29, 0.717) is 30.7 Å². The zero-order valence-electron chi connectivity index (χ0n) is 21.0. The van der Waals surface area contributed by atoms with Crippen LogP contribution in [0.25, 0.3) is 0 Å². The minimum absolute atomic E-state index is 0.132. The summed E-state index contributed by atoms with van der Waals surface area (Å²) in [6, 6.07) is 0. The van der Waals surface area contributed by atoms with Gasteiger partial charge in [-0.1, -0.05) is 79.8 Å². The Hall–Kier alpha value is -4.33. The summed E-state index contributed by atoms with van der Waals surface area (Å²) < 4.78 is 8.67. The van der Waals surface area contributed by atoms with E-state index in [1.165, 1.54) is 0 Å². The minimum atomic E-state index is -1.39.